The summed E-state index contributed by atoms with van der Waals surface area (Å²) in [6.45, 7) is 1.71. The molecule has 0 atom stereocenters. The highest BCUT2D eigenvalue weighted by molar-refractivity contribution is 6.31. The second-order valence-corrected chi connectivity index (χ2v) is 4.88. The smallest absolute Gasteiger partial charge is 0.255 e. The molecule has 0 fully saturated rings. The highest BCUT2D eigenvalue weighted by Crippen LogP contribution is 2.19. The van der Waals surface area contributed by atoms with Crippen LogP contribution < -0.4 is 11.1 Å². The number of amides is 2. The van der Waals surface area contributed by atoms with Gasteiger partial charge in [0.15, 0.2) is 0 Å². The molecule has 108 valence electrons. The third-order valence-electron chi connectivity index (χ3n) is 2.93. The van der Waals surface area contributed by atoms with Crippen LogP contribution in [0.3, 0.4) is 0 Å². The Morgan fingerprint density at radius 3 is 2.48 bits per heavy atom. The van der Waals surface area contributed by atoms with E-state index in [1.165, 1.54) is 18.2 Å². The molecule has 0 aliphatic rings. The molecule has 0 aliphatic heterocycles. The fourth-order valence-corrected chi connectivity index (χ4v) is 2.04. The van der Waals surface area contributed by atoms with Crippen molar-refractivity contribution >= 4 is 29.1 Å². The normalized spacial score (nSPS) is 10.2. The zero-order chi connectivity index (χ0) is 15.6. The summed E-state index contributed by atoms with van der Waals surface area (Å²) >= 11 is 5.64. The van der Waals surface area contributed by atoms with Crippen LogP contribution in [0.5, 0.6) is 0 Å². The fourth-order valence-electron chi connectivity index (χ4n) is 1.86. The summed E-state index contributed by atoms with van der Waals surface area (Å²) in [6, 6.07) is 8.43. The highest BCUT2D eigenvalue weighted by atomic mass is 35.5. The van der Waals surface area contributed by atoms with E-state index in [1.807, 2.05) is 0 Å². The van der Waals surface area contributed by atoms with Crippen LogP contribution in [-0.4, -0.2) is 11.8 Å². The van der Waals surface area contributed by atoms with Crippen LogP contribution in [0, 0.1) is 12.7 Å². The molecular weight excluding hydrogens is 295 g/mol. The van der Waals surface area contributed by atoms with Gasteiger partial charge in [0, 0.05) is 16.8 Å². The van der Waals surface area contributed by atoms with Crippen molar-refractivity contribution in [3.05, 3.63) is 63.9 Å². The van der Waals surface area contributed by atoms with Crippen LogP contribution in [0.4, 0.5) is 10.1 Å². The Morgan fingerprint density at radius 1 is 1.19 bits per heavy atom. The van der Waals surface area contributed by atoms with Gasteiger partial charge in [-0.25, -0.2) is 4.39 Å². The second kappa shape index (κ2) is 5.93. The maximum Gasteiger partial charge on any atom is 0.255 e. The Labute approximate surface area is 125 Å². The number of aryl methyl sites for hydroxylation is 1. The van der Waals surface area contributed by atoms with Crippen molar-refractivity contribution in [3.63, 3.8) is 0 Å². The molecule has 0 aromatic heterocycles. The molecule has 6 heteroatoms. The summed E-state index contributed by atoms with van der Waals surface area (Å²) in [7, 11) is 0. The zero-order valence-electron chi connectivity index (χ0n) is 11.1. The molecule has 0 aliphatic carbocycles. The van der Waals surface area contributed by atoms with Crippen molar-refractivity contribution in [2.24, 2.45) is 5.73 Å². The average Bonchev–Trinajstić information content (AvgIpc) is 2.41. The lowest BCUT2D eigenvalue weighted by Gasteiger charge is -2.08. The average molecular weight is 307 g/mol. The van der Waals surface area contributed by atoms with Gasteiger partial charge >= 0.3 is 0 Å². The van der Waals surface area contributed by atoms with Gasteiger partial charge in [-0.15, -0.1) is 0 Å². The second-order valence-electron chi connectivity index (χ2n) is 4.48. The van der Waals surface area contributed by atoms with E-state index in [0.717, 1.165) is 6.07 Å². The minimum Gasteiger partial charge on any atom is -0.366 e. The van der Waals surface area contributed by atoms with Crippen LogP contribution in [0.15, 0.2) is 36.4 Å². The Balaban J connectivity index is 2.21. The molecule has 2 aromatic carbocycles. The number of rotatable bonds is 3. The van der Waals surface area contributed by atoms with Crippen molar-refractivity contribution in [2.45, 2.75) is 6.92 Å². The van der Waals surface area contributed by atoms with Crippen molar-refractivity contribution in [2.75, 3.05) is 5.32 Å². The van der Waals surface area contributed by atoms with E-state index in [9.17, 15) is 14.0 Å². The third-order valence-corrected chi connectivity index (χ3v) is 3.22. The minimum absolute atomic E-state index is 0.122. The Morgan fingerprint density at radius 2 is 1.90 bits per heavy atom. The van der Waals surface area contributed by atoms with Gasteiger partial charge in [-0.2, -0.15) is 0 Å². The summed E-state index contributed by atoms with van der Waals surface area (Å²) in [4.78, 5) is 23.2. The molecule has 21 heavy (non-hydrogen) atoms. The monoisotopic (exact) mass is 306 g/mol. The van der Waals surface area contributed by atoms with Gasteiger partial charge < -0.3 is 11.1 Å². The maximum absolute atomic E-state index is 13.1. The van der Waals surface area contributed by atoms with E-state index in [0.29, 0.717) is 16.8 Å². The zero-order valence-corrected chi connectivity index (χ0v) is 11.9. The summed E-state index contributed by atoms with van der Waals surface area (Å²) in [5.41, 5.74) is 6.99. The molecule has 0 saturated heterocycles. The molecule has 4 nitrogen and oxygen atoms in total. The van der Waals surface area contributed by atoms with E-state index in [-0.39, 0.29) is 10.6 Å². The number of hydrogen-bond acceptors (Lipinski definition) is 2. The first-order valence-corrected chi connectivity index (χ1v) is 6.43. The minimum atomic E-state index is -0.588. The van der Waals surface area contributed by atoms with Gasteiger partial charge in [-0.3, -0.25) is 9.59 Å². The van der Waals surface area contributed by atoms with Crippen LogP contribution >= 0.6 is 11.6 Å². The van der Waals surface area contributed by atoms with Gasteiger partial charge in [-0.1, -0.05) is 11.6 Å². The summed E-state index contributed by atoms with van der Waals surface area (Å²) < 4.78 is 13.1. The lowest BCUT2D eigenvalue weighted by atomic mass is 10.1. The third kappa shape index (κ3) is 3.38. The summed E-state index contributed by atoms with van der Waals surface area (Å²) in [5, 5.41) is 2.52. The topological polar surface area (TPSA) is 72.2 Å². The number of primary amides is 1. The van der Waals surface area contributed by atoms with Crippen molar-refractivity contribution in [3.8, 4) is 0 Å². The first-order chi connectivity index (χ1) is 9.88. The standard InChI is InChI=1S/C15H12ClFN2O2/c1-8-6-10(3-4-11(8)14(18)20)19-15(21)9-2-5-13(17)12(16)7-9/h2-7H,1H3,(H2,18,20)(H,19,21). The molecule has 2 rings (SSSR count). The van der Waals surface area contributed by atoms with Gasteiger partial charge in [0.1, 0.15) is 5.82 Å². The molecular formula is C15H12ClFN2O2. The van der Waals surface area contributed by atoms with Crippen molar-refractivity contribution in [1.82, 2.24) is 0 Å². The van der Waals surface area contributed by atoms with Crippen LogP contribution in [0.25, 0.3) is 0 Å². The van der Waals surface area contributed by atoms with Gasteiger partial charge in [0.05, 0.1) is 5.02 Å². The van der Waals surface area contributed by atoms with Crippen LogP contribution in [0.1, 0.15) is 26.3 Å². The van der Waals surface area contributed by atoms with E-state index < -0.39 is 17.6 Å². The van der Waals surface area contributed by atoms with E-state index in [4.69, 9.17) is 17.3 Å². The maximum atomic E-state index is 13.1. The molecule has 0 spiro atoms. The lowest BCUT2D eigenvalue weighted by Crippen LogP contribution is -2.15. The number of hydrogen-bond donors (Lipinski definition) is 2. The van der Waals surface area contributed by atoms with Crippen molar-refractivity contribution in [1.29, 1.82) is 0 Å². The van der Waals surface area contributed by atoms with E-state index in [2.05, 4.69) is 5.32 Å². The Bertz CT molecular complexity index is 732. The summed E-state index contributed by atoms with van der Waals surface area (Å²) in [5.74, 6) is -1.55. The molecule has 2 amide bonds. The first kappa shape index (κ1) is 15.0. The number of anilines is 1. The Hall–Kier alpha value is -2.40. The SMILES string of the molecule is Cc1cc(NC(=O)c2ccc(F)c(Cl)c2)ccc1C(N)=O. The molecule has 0 heterocycles. The van der Waals surface area contributed by atoms with E-state index in [1.54, 1.807) is 19.1 Å². The predicted molar refractivity (Wildman–Crippen MR) is 79.1 cm³/mol. The van der Waals surface area contributed by atoms with Crippen LogP contribution in [0.2, 0.25) is 5.02 Å². The van der Waals surface area contributed by atoms with Gasteiger partial charge in [-0.05, 0) is 48.9 Å². The number of carbonyl (C=O) groups is 2. The quantitative estimate of drug-likeness (QED) is 0.914. The van der Waals surface area contributed by atoms with Gasteiger partial charge in [0.25, 0.3) is 5.91 Å². The number of halogens is 2. The number of nitrogens with two attached hydrogens (primary N) is 1. The highest BCUT2D eigenvalue weighted by Gasteiger charge is 2.11. The number of benzene rings is 2. The first-order valence-electron chi connectivity index (χ1n) is 6.05. The van der Waals surface area contributed by atoms with Crippen molar-refractivity contribution < 1.29 is 14.0 Å². The number of nitrogens with one attached hydrogen (secondary N) is 1. The molecule has 0 bridgehead atoms. The lowest BCUT2D eigenvalue weighted by molar-refractivity contribution is 0.0997. The predicted octanol–water partition coefficient (Wildman–Crippen LogP) is 3.14. The summed E-state index contributed by atoms with van der Waals surface area (Å²) in [6.07, 6.45) is 0. The Kier molecular flexibility index (Phi) is 4.23. The molecule has 0 saturated carbocycles. The fraction of sp³-hybridized carbons (Fsp3) is 0.0667. The molecule has 2 aromatic rings. The van der Waals surface area contributed by atoms with Crippen LogP contribution in [-0.2, 0) is 0 Å². The molecule has 0 radical (unpaired) electrons. The molecule has 0 unspecified atom stereocenters. The number of carbonyl (C=O) groups excluding carboxylic acids is 2. The van der Waals surface area contributed by atoms with Gasteiger partial charge in [0.2, 0.25) is 5.91 Å². The van der Waals surface area contributed by atoms with E-state index >= 15 is 0 Å². The largest absolute Gasteiger partial charge is 0.366 e. The molecule has 3 N–H and O–H groups in total.